The van der Waals surface area contributed by atoms with Gasteiger partial charge in [0.2, 0.25) is 0 Å². The molecule has 3 aromatic rings. The molecule has 1 saturated heterocycles. The van der Waals surface area contributed by atoms with E-state index in [4.69, 9.17) is 0 Å². The summed E-state index contributed by atoms with van der Waals surface area (Å²) >= 11 is 0. The molecule has 2 heterocycles. The standard InChI is InChI=1S/C22H21N3O2/c26-21-20(11-17-12-23-19-8-4-3-7-18(17)19)24-22(27)25(21)13-14-9-15-5-1-2-6-16(15)10-14/h1-8,12,14,20,23H,9-11,13H2,(H,24,27)/t20-/m0/s1. The van der Waals surface area contributed by atoms with Gasteiger partial charge in [0.15, 0.2) is 0 Å². The first-order chi connectivity index (χ1) is 13.2. The number of para-hydroxylation sites is 1. The molecule has 1 atom stereocenters. The number of imide groups is 1. The van der Waals surface area contributed by atoms with Crippen molar-refractivity contribution in [3.05, 3.63) is 71.4 Å². The van der Waals surface area contributed by atoms with E-state index in [1.54, 1.807) is 0 Å². The van der Waals surface area contributed by atoms with Crippen molar-refractivity contribution in [3.63, 3.8) is 0 Å². The number of carbonyl (C=O) groups excluding carboxylic acids is 2. The second-order valence-corrected chi connectivity index (χ2v) is 7.56. The first-order valence-corrected chi connectivity index (χ1v) is 9.42. The van der Waals surface area contributed by atoms with Crippen LogP contribution in [0.4, 0.5) is 4.79 Å². The van der Waals surface area contributed by atoms with Crippen molar-refractivity contribution < 1.29 is 9.59 Å². The zero-order valence-electron chi connectivity index (χ0n) is 14.9. The zero-order valence-corrected chi connectivity index (χ0v) is 14.9. The number of urea groups is 1. The zero-order chi connectivity index (χ0) is 18.4. The first-order valence-electron chi connectivity index (χ1n) is 9.42. The molecule has 5 heteroatoms. The second-order valence-electron chi connectivity index (χ2n) is 7.56. The molecule has 2 aliphatic rings. The molecule has 5 rings (SSSR count). The summed E-state index contributed by atoms with van der Waals surface area (Å²) in [6, 6.07) is 15.6. The van der Waals surface area contributed by atoms with Crippen LogP contribution in [0.3, 0.4) is 0 Å². The van der Waals surface area contributed by atoms with Gasteiger partial charge in [-0.25, -0.2) is 4.79 Å². The molecule has 3 amide bonds. The smallest absolute Gasteiger partial charge is 0.324 e. The van der Waals surface area contributed by atoms with Gasteiger partial charge in [0.05, 0.1) is 0 Å². The maximum Gasteiger partial charge on any atom is 0.324 e. The summed E-state index contributed by atoms with van der Waals surface area (Å²) in [6.45, 7) is 0.490. The predicted octanol–water partition coefficient (Wildman–Crippen LogP) is 3.05. The quantitative estimate of drug-likeness (QED) is 0.703. The number of hydrogen-bond acceptors (Lipinski definition) is 2. The molecule has 2 aromatic carbocycles. The molecule has 5 nitrogen and oxygen atoms in total. The lowest BCUT2D eigenvalue weighted by Gasteiger charge is -2.17. The number of fused-ring (bicyclic) bond motifs is 2. The van der Waals surface area contributed by atoms with E-state index in [9.17, 15) is 9.59 Å². The molecule has 0 bridgehead atoms. The Balaban J connectivity index is 1.29. The van der Waals surface area contributed by atoms with Crippen molar-refractivity contribution in [1.29, 1.82) is 0 Å². The number of nitrogens with one attached hydrogen (secondary N) is 2. The van der Waals surface area contributed by atoms with E-state index >= 15 is 0 Å². The number of benzene rings is 2. The Morgan fingerprint density at radius 2 is 1.67 bits per heavy atom. The minimum atomic E-state index is -0.486. The molecule has 0 spiro atoms. The van der Waals surface area contributed by atoms with Crippen LogP contribution in [0.25, 0.3) is 10.9 Å². The van der Waals surface area contributed by atoms with Crippen LogP contribution in [0.2, 0.25) is 0 Å². The van der Waals surface area contributed by atoms with E-state index in [2.05, 4.69) is 22.4 Å². The fraction of sp³-hybridized carbons (Fsp3) is 0.273. The third-order valence-corrected chi connectivity index (χ3v) is 5.78. The van der Waals surface area contributed by atoms with E-state index in [-0.39, 0.29) is 11.9 Å². The van der Waals surface area contributed by atoms with Crippen LogP contribution in [0.5, 0.6) is 0 Å². The fourth-order valence-electron chi connectivity index (χ4n) is 4.45. The van der Waals surface area contributed by atoms with Crippen LogP contribution in [-0.4, -0.2) is 34.4 Å². The summed E-state index contributed by atoms with van der Waals surface area (Å²) in [5.41, 5.74) is 4.78. The van der Waals surface area contributed by atoms with Gasteiger partial charge in [-0.05, 0) is 41.5 Å². The lowest BCUT2D eigenvalue weighted by atomic mass is 10.0. The van der Waals surface area contributed by atoms with E-state index in [0.717, 1.165) is 29.3 Å². The highest BCUT2D eigenvalue weighted by Crippen LogP contribution is 2.28. The Morgan fingerprint density at radius 3 is 2.44 bits per heavy atom. The van der Waals surface area contributed by atoms with Crippen LogP contribution in [0.15, 0.2) is 54.7 Å². The number of nitrogens with zero attached hydrogens (tertiary/aromatic N) is 1. The minimum Gasteiger partial charge on any atom is -0.361 e. The molecular formula is C22H21N3O2. The number of carbonyl (C=O) groups is 2. The largest absolute Gasteiger partial charge is 0.361 e. The molecular weight excluding hydrogens is 338 g/mol. The average Bonchev–Trinajstić information content (AvgIpc) is 3.35. The van der Waals surface area contributed by atoms with Crippen LogP contribution < -0.4 is 5.32 Å². The van der Waals surface area contributed by atoms with Crippen molar-refractivity contribution >= 4 is 22.8 Å². The summed E-state index contributed by atoms with van der Waals surface area (Å²) in [5.74, 6) is 0.199. The van der Waals surface area contributed by atoms with Crippen molar-refractivity contribution in [1.82, 2.24) is 15.2 Å². The van der Waals surface area contributed by atoms with Gasteiger partial charge in [0.1, 0.15) is 6.04 Å². The summed E-state index contributed by atoms with van der Waals surface area (Å²) in [5, 5.41) is 3.98. The van der Waals surface area contributed by atoms with E-state index in [1.807, 2.05) is 42.6 Å². The van der Waals surface area contributed by atoms with E-state index < -0.39 is 6.04 Å². The topological polar surface area (TPSA) is 65.2 Å². The number of aromatic amines is 1. The van der Waals surface area contributed by atoms with Crippen molar-refractivity contribution in [3.8, 4) is 0 Å². The number of hydrogen-bond donors (Lipinski definition) is 2. The van der Waals surface area contributed by atoms with Crippen LogP contribution in [-0.2, 0) is 24.1 Å². The van der Waals surface area contributed by atoms with Crippen LogP contribution >= 0.6 is 0 Å². The minimum absolute atomic E-state index is 0.110. The molecule has 1 aliphatic carbocycles. The van der Waals surface area contributed by atoms with Gasteiger partial charge in [0, 0.05) is 30.1 Å². The van der Waals surface area contributed by atoms with Crippen molar-refractivity contribution in [2.24, 2.45) is 5.92 Å². The van der Waals surface area contributed by atoms with Crippen LogP contribution in [0, 0.1) is 5.92 Å². The maximum absolute atomic E-state index is 12.9. The van der Waals surface area contributed by atoms with Gasteiger partial charge in [-0.2, -0.15) is 0 Å². The monoisotopic (exact) mass is 359 g/mol. The molecule has 1 aromatic heterocycles. The number of H-pyrrole nitrogens is 1. The van der Waals surface area contributed by atoms with Gasteiger partial charge in [-0.1, -0.05) is 42.5 Å². The fourth-order valence-corrected chi connectivity index (χ4v) is 4.45. The Labute approximate surface area is 157 Å². The molecule has 0 saturated carbocycles. The molecule has 1 fully saturated rings. The number of amides is 3. The Bertz CT molecular complexity index is 1010. The summed E-state index contributed by atoms with van der Waals surface area (Å²) < 4.78 is 0. The lowest BCUT2D eigenvalue weighted by Crippen LogP contribution is -2.36. The summed E-state index contributed by atoms with van der Waals surface area (Å²) in [6.07, 6.45) is 4.30. The highest BCUT2D eigenvalue weighted by Gasteiger charge is 2.39. The maximum atomic E-state index is 12.9. The molecule has 136 valence electrons. The molecule has 27 heavy (non-hydrogen) atoms. The Hall–Kier alpha value is -3.08. The first kappa shape index (κ1) is 16.1. The number of aromatic nitrogens is 1. The van der Waals surface area contributed by atoms with E-state index in [0.29, 0.717) is 18.9 Å². The van der Waals surface area contributed by atoms with Gasteiger partial charge < -0.3 is 10.3 Å². The van der Waals surface area contributed by atoms with Crippen molar-refractivity contribution in [2.45, 2.75) is 25.3 Å². The third-order valence-electron chi connectivity index (χ3n) is 5.78. The third kappa shape index (κ3) is 2.79. The molecule has 0 unspecified atom stereocenters. The summed E-state index contributed by atoms with van der Waals surface area (Å²) in [7, 11) is 0. The van der Waals surface area contributed by atoms with E-state index in [1.165, 1.54) is 16.0 Å². The van der Waals surface area contributed by atoms with Gasteiger partial charge in [-0.15, -0.1) is 0 Å². The van der Waals surface area contributed by atoms with Gasteiger partial charge >= 0.3 is 6.03 Å². The normalized spacial score (nSPS) is 19.7. The second kappa shape index (κ2) is 6.27. The highest BCUT2D eigenvalue weighted by atomic mass is 16.2. The average molecular weight is 359 g/mol. The lowest BCUT2D eigenvalue weighted by molar-refractivity contribution is -0.127. The molecule has 1 aliphatic heterocycles. The van der Waals surface area contributed by atoms with Crippen molar-refractivity contribution in [2.75, 3.05) is 6.54 Å². The SMILES string of the molecule is O=C1N[C@@H](Cc2c[nH]c3ccccc23)C(=O)N1CC1Cc2ccccc2C1. The van der Waals surface area contributed by atoms with Gasteiger partial charge in [-0.3, -0.25) is 9.69 Å². The summed E-state index contributed by atoms with van der Waals surface area (Å²) in [4.78, 5) is 29.9. The predicted molar refractivity (Wildman–Crippen MR) is 103 cm³/mol. The Kier molecular flexibility index (Phi) is 3.74. The molecule has 2 N–H and O–H groups in total. The highest BCUT2D eigenvalue weighted by molar-refractivity contribution is 6.04. The van der Waals surface area contributed by atoms with Crippen LogP contribution in [0.1, 0.15) is 16.7 Å². The molecule has 0 radical (unpaired) electrons. The Morgan fingerprint density at radius 1 is 0.963 bits per heavy atom. The number of rotatable bonds is 4. The van der Waals surface area contributed by atoms with Gasteiger partial charge in [0.25, 0.3) is 5.91 Å².